The quantitative estimate of drug-likeness (QED) is 0.558. The van der Waals surface area contributed by atoms with Gasteiger partial charge in [-0.25, -0.2) is 10.8 Å². The number of rotatable bonds is 3. The van der Waals surface area contributed by atoms with Gasteiger partial charge in [0, 0.05) is 16.2 Å². The first kappa shape index (κ1) is 13.8. The lowest BCUT2D eigenvalue weighted by molar-refractivity contribution is 0.459. The van der Waals surface area contributed by atoms with E-state index in [9.17, 15) is 0 Å². The van der Waals surface area contributed by atoms with E-state index < -0.39 is 0 Å². The van der Waals surface area contributed by atoms with E-state index in [-0.39, 0.29) is 0 Å². The van der Waals surface area contributed by atoms with Crippen molar-refractivity contribution >= 4 is 32.7 Å². The van der Waals surface area contributed by atoms with Crippen LogP contribution in [-0.2, 0) is 0 Å². The Morgan fingerprint density at radius 1 is 1.14 bits per heavy atom. The van der Waals surface area contributed by atoms with Crippen molar-refractivity contribution in [3.05, 3.63) is 52.6 Å². The fourth-order valence-corrected chi connectivity index (χ4v) is 2.35. The third kappa shape index (κ3) is 2.96. The molecule has 0 unspecified atom stereocenters. The maximum atomic E-state index is 5.83. The molecule has 0 saturated carbocycles. The topological polar surface area (TPSA) is 73.1 Å². The number of nitrogen functional groups attached to an aromatic ring is 1. The molecule has 3 rings (SSSR count). The van der Waals surface area contributed by atoms with Crippen LogP contribution in [0.25, 0.3) is 10.8 Å². The molecule has 0 fully saturated rings. The monoisotopic (exact) mass is 344 g/mol. The van der Waals surface area contributed by atoms with Crippen LogP contribution < -0.4 is 16.0 Å². The zero-order valence-corrected chi connectivity index (χ0v) is 12.9. The summed E-state index contributed by atoms with van der Waals surface area (Å²) in [6.07, 6.45) is 1.66. The fraction of sp³-hybridized carbons (Fsp3) is 0.0667. The van der Waals surface area contributed by atoms with Gasteiger partial charge in [0.1, 0.15) is 5.75 Å². The summed E-state index contributed by atoms with van der Waals surface area (Å²) in [5, 5.41) is 2.24. The molecule has 6 heteroatoms. The second-order valence-electron chi connectivity index (χ2n) is 4.58. The summed E-state index contributed by atoms with van der Waals surface area (Å²) in [6.45, 7) is 1.88. The normalized spacial score (nSPS) is 10.6. The molecular formula is C15H13BrN4O. The van der Waals surface area contributed by atoms with Crippen LogP contribution in [0.3, 0.4) is 0 Å². The molecule has 2 aromatic carbocycles. The first-order valence-corrected chi connectivity index (χ1v) is 7.12. The Hall–Kier alpha value is -2.18. The van der Waals surface area contributed by atoms with Crippen molar-refractivity contribution in [2.75, 3.05) is 5.43 Å². The number of benzene rings is 2. The SMILES string of the molecule is Cc1cnc(NN)nc1Oc1ccc2cc(Br)ccc2c1. The molecule has 0 atom stereocenters. The smallest absolute Gasteiger partial charge is 0.240 e. The molecule has 1 heterocycles. The van der Waals surface area contributed by atoms with Crippen molar-refractivity contribution in [2.24, 2.45) is 5.84 Å². The maximum absolute atomic E-state index is 5.83. The number of nitrogens with one attached hydrogen (secondary N) is 1. The van der Waals surface area contributed by atoms with Crippen LogP contribution >= 0.6 is 15.9 Å². The Kier molecular flexibility index (Phi) is 3.72. The molecular weight excluding hydrogens is 332 g/mol. The number of nitrogens with zero attached hydrogens (tertiary/aromatic N) is 2. The molecule has 1 aromatic heterocycles. The zero-order chi connectivity index (χ0) is 14.8. The van der Waals surface area contributed by atoms with Crippen molar-refractivity contribution in [3.63, 3.8) is 0 Å². The van der Waals surface area contributed by atoms with Gasteiger partial charge in [0.05, 0.1) is 0 Å². The minimum absolute atomic E-state index is 0.320. The van der Waals surface area contributed by atoms with Gasteiger partial charge in [-0.05, 0) is 42.0 Å². The van der Waals surface area contributed by atoms with E-state index in [0.29, 0.717) is 11.8 Å². The predicted octanol–water partition coefficient (Wildman–Crippen LogP) is 3.78. The summed E-state index contributed by atoms with van der Waals surface area (Å²) in [5.41, 5.74) is 3.25. The summed E-state index contributed by atoms with van der Waals surface area (Å²) >= 11 is 3.46. The minimum Gasteiger partial charge on any atom is -0.439 e. The van der Waals surface area contributed by atoms with E-state index in [0.717, 1.165) is 26.6 Å². The van der Waals surface area contributed by atoms with Crippen molar-refractivity contribution in [1.29, 1.82) is 0 Å². The molecule has 0 bridgehead atoms. The molecule has 0 saturated heterocycles. The highest BCUT2D eigenvalue weighted by molar-refractivity contribution is 9.10. The lowest BCUT2D eigenvalue weighted by Gasteiger charge is -2.09. The van der Waals surface area contributed by atoms with Crippen LogP contribution in [0.5, 0.6) is 11.6 Å². The summed E-state index contributed by atoms with van der Waals surface area (Å²) in [7, 11) is 0. The van der Waals surface area contributed by atoms with E-state index in [2.05, 4.69) is 37.4 Å². The second-order valence-corrected chi connectivity index (χ2v) is 5.50. The number of hydrazine groups is 1. The van der Waals surface area contributed by atoms with Gasteiger partial charge >= 0.3 is 0 Å². The van der Waals surface area contributed by atoms with E-state index in [1.54, 1.807) is 6.20 Å². The van der Waals surface area contributed by atoms with Crippen LogP contribution in [0.4, 0.5) is 5.95 Å². The lowest BCUT2D eigenvalue weighted by atomic mass is 10.1. The van der Waals surface area contributed by atoms with Crippen molar-refractivity contribution in [3.8, 4) is 11.6 Å². The van der Waals surface area contributed by atoms with Gasteiger partial charge in [-0.15, -0.1) is 0 Å². The predicted molar refractivity (Wildman–Crippen MR) is 86.3 cm³/mol. The first-order valence-electron chi connectivity index (χ1n) is 6.33. The van der Waals surface area contributed by atoms with Gasteiger partial charge in [-0.1, -0.05) is 28.1 Å². The van der Waals surface area contributed by atoms with Crippen molar-refractivity contribution in [1.82, 2.24) is 9.97 Å². The number of aromatic nitrogens is 2. The average molecular weight is 345 g/mol. The molecule has 3 N–H and O–H groups in total. The van der Waals surface area contributed by atoms with E-state index in [4.69, 9.17) is 10.6 Å². The number of fused-ring (bicyclic) bond motifs is 1. The van der Waals surface area contributed by atoms with Gasteiger partial charge in [-0.3, -0.25) is 5.43 Å². The van der Waals surface area contributed by atoms with Gasteiger partial charge in [0.15, 0.2) is 0 Å². The lowest BCUT2D eigenvalue weighted by Crippen LogP contribution is -2.11. The third-order valence-electron chi connectivity index (χ3n) is 3.04. The van der Waals surface area contributed by atoms with E-state index in [1.165, 1.54) is 0 Å². The van der Waals surface area contributed by atoms with Crippen LogP contribution in [-0.4, -0.2) is 9.97 Å². The standard InChI is InChI=1S/C15H13BrN4O/c1-9-8-18-15(20-17)19-14(9)21-13-5-3-10-6-12(16)4-2-11(10)7-13/h2-8H,17H2,1H3,(H,18,19,20). The molecule has 0 aliphatic heterocycles. The fourth-order valence-electron chi connectivity index (χ4n) is 1.97. The average Bonchev–Trinajstić information content (AvgIpc) is 2.49. The van der Waals surface area contributed by atoms with Gasteiger partial charge in [0.25, 0.3) is 0 Å². The zero-order valence-electron chi connectivity index (χ0n) is 11.3. The van der Waals surface area contributed by atoms with Gasteiger partial charge in [0.2, 0.25) is 11.8 Å². The Bertz CT molecular complexity index is 807. The maximum Gasteiger partial charge on any atom is 0.240 e. The number of hydrogen-bond acceptors (Lipinski definition) is 5. The number of aryl methyl sites for hydroxylation is 1. The van der Waals surface area contributed by atoms with Crippen molar-refractivity contribution < 1.29 is 4.74 Å². The minimum atomic E-state index is 0.320. The number of ether oxygens (including phenoxy) is 1. The number of halogens is 1. The number of nitrogens with two attached hydrogens (primary N) is 1. The highest BCUT2D eigenvalue weighted by Gasteiger charge is 2.06. The molecule has 0 spiro atoms. The Balaban J connectivity index is 1.96. The largest absolute Gasteiger partial charge is 0.439 e. The van der Waals surface area contributed by atoms with Crippen LogP contribution in [0, 0.1) is 6.92 Å². The highest BCUT2D eigenvalue weighted by Crippen LogP contribution is 2.28. The van der Waals surface area contributed by atoms with Crippen LogP contribution in [0.2, 0.25) is 0 Å². The Morgan fingerprint density at radius 2 is 1.90 bits per heavy atom. The van der Waals surface area contributed by atoms with Crippen LogP contribution in [0.1, 0.15) is 5.56 Å². The summed E-state index contributed by atoms with van der Waals surface area (Å²) < 4.78 is 6.88. The highest BCUT2D eigenvalue weighted by atomic mass is 79.9. The third-order valence-corrected chi connectivity index (χ3v) is 3.54. The summed E-state index contributed by atoms with van der Waals surface area (Å²) in [4.78, 5) is 8.23. The number of hydrogen-bond donors (Lipinski definition) is 2. The molecule has 0 aliphatic rings. The molecule has 0 aliphatic carbocycles. The van der Waals surface area contributed by atoms with Crippen LogP contribution in [0.15, 0.2) is 47.1 Å². The molecule has 5 nitrogen and oxygen atoms in total. The molecule has 0 amide bonds. The molecule has 21 heavy (non-hydrogen) atoms. The van der Waals surface area contributed by atoms with Crippen molar-refractivity contribution in [2.45, 2.75) is 6.92 Å². The molecule has 0 radical (unpaired) electrons. The molecule has 106 valence electrons. The number of anilines is 1. The van der Waals surface area contributed by atoms with E-state index >= 15 is 0 Å². The Morgan fingerprint density at radius 3 is 2.71 bits per heavy atom. The van der Waals surface area contributed by atoms with E-state index in [1.807, 2.05) is 37.3 Å². The Labute approximate surface area is 130 Å². The first-order chi connectivity index (χ1) is 10.2. The second kappa shape index (κ2) is 5.67. The molecule has 3 aromatic rings. The van der Waals surface area contributed by atoms with Gasteiger partial charge in [-0.2, -0.15) is 4.98 Å². The van der Waals surface area contributed by atoms with Gasteiger partial charge < -0.3 is 4.74 Å². The summed E-state index contributed by atoms with van der Waals surface area (Å²) in [5.74, 6) is 6.83. The summed E-state index contributed by atoms with van der Waals surface area (Å²) in [6, 6.07) is 12.0.